The fourth-order valence-corrected chi connectivity index (χ4v) is 2.66. The van der Waals surface area contributed by atoms with Gasteiger partial charge in [0, 0.05) is 12.6 Å². The average Bonchev–Trinajstić information content (AvgIpc) is 2.82. The molecule has 33 heavy (non-hydrogen) atoms. The van der Waals surface area contributed by atoms with Crippen molar-refractivity contribution in [3.8, 4) is 0 Å². The lowest BCUT2D eigenvalue weighted by Crippen LogP contribution is -2.49. The van der Waals surface area contributed by atoms with Crippen molar-refractivity contribution in [2.45, 2.75) is 19.1 Å². The van der Waals surface area contributed by atoms with E-state index in [0.717, 1.165) is 17.3 Å². The van der Waals surface area contributed by atoms with Crippen molar-refractivity contribution in [3.63, 3.8) is 0 Å². The first kappa shape index (κ1) is 24.9. The molecule has 0 unspecified atom stereocenters. The van der Waals surface area contributed by atoms with E-state index in [1.54, 1.807) is 36.4 Å². The Balaban J connectivity index is 2.08. The van der Waals surface area contributed by atoms with Crippen molar-refractivity contribution in [1.82, 2.24) is 16.0 Å². The lowest BCUT2D eigenvalue weighted by molar-refractivity contribution is -0.139. The molecule has 5 N–H and O–H groups in total. The van der Waals surface area contributed by atoms with Gasteiger partial charge in [0.25, 0.3) is 5.91 Å². The van der Waals surface area contributed by atoms with Gasteiger partial charge >= 0.3 is 12.1 Å². The van der Waals surface area contributed by atoms with Crippen LogP contribution in [0.25, 0.3) is 0 Å². The summed E-state index contributed by atoms with van der Waals surface area (Å²) in [7, 11) is 1.21. The van der Waals surface area contributed by atoms with E-state index in [4.69, 9.17) is 10.5 Å². The van der Waals surface area contributed by atoms with E-state index in [2.05, 4.69) is 20.7 Å². The molecule has 10 nitrogen and oxygen atoms in total. The largest absolute Gasteiger partial charge is 0.468 e. The van der Waals surface area contributed by atoms with Crippen LogP contribution in [0.5, 0.6) is 0 Å². The summed E-state index contributed by atoms with van der Waals surface area (Å²) in [5, 5.41) is 7.41. The maximum atomic E-state index is 12.9. The zero-order valence-electron chi connectivity index (χ0n) is 18.1. The summed E-state index contributed by atoms with van der Waals surface area (Å²) >= 11 is 0. The minimum Gasteiger partial charge on any atom is -0.468 e. The van der Waals surface area contributed by atoms with Gasteiger partial charge in [-0.25, -0.2) is 4.79 Å². The molecule has 0 aliphatic rings. The number of nitrogens with one attached hydrogen (secondary N) is 3. The molecule has 1 atom stereocenters. The number of methoxy groups -OCH3 is 1. The minimum absolute atomic E-state index is 0.0240. The number of carbonyl (C=O) groups excluding carboxylic acids is 4. The summed E-state index contributed by atoms with van der Waals surface area (Å²) in [6.07, 6.45) is 0.419. The van der Waals surface area contributed by atoms with E-state index in [0.29, 0.717) is 0 Å². The van der Waals surface area contributed by atoms with Gasteiger partial charge in [-0.3, -0.25) is 14.4 Å². The van der Waals surface area contributed by atoms with E-state index in [9.17, 15) is 19.2 Å². The maximum Gasteiger partial charge on any atom is 0.408 e. The number of nitrogens with two attached hydrogens (primary N) is 1. The van der Waals surface area contributed by atoms with Gasteiger partial charge in [-0.15, -0.1) is 0 Å². The van der Waals surface area contributed by atoms with Crippen LogP contribution in [-0.2, 0) is 36.9 Å². The number of rotatable bonds is 11. The molecule has 2 aromatic carbocycles. The second kappa shape index (κ2) is 13.2. The molecular weight excluding hydrogens is 428 g/mol. The lowest BCUT2D eigenvalue weighted by Gasteiger charge is -2.19. The van der Waals surface area contributed by atoms with Gasteiger partial charge in [0.2, 0.25) is 5.91 Å². The van der Waals surface area contributed by atoms with E-state index >= 15 is 0 Å². The predicted octanol–water partition coefficient (Wildman–Crippen LogP) is 0.730. The maximum absolute atomic E-state index is 12.9. The molecule has 174 valence electrons. The Kier molecular flexibility index (Phi) is 9.94. The van der Waals surface area contributed by atoms with Crippen molar-refractivity contribution >= 4 is 23.9 Å². The summed E-state index contributed by atoms with van der Waals surface area (Å²) in [5.74, 6) is -2.21. The van der Waals surface area contributed by atoms with Crippen molar-refractivity contribution in [2.24, 2.45) is 5.73 Å². The molecule has 0 aromatic heterocycles. The van der Waals surface area contributed by atoms with Crippen molar-refractivity contribution in [2.75, 3.05) is 13.7 Å². The Morgan fingerprint density at radius 2 is 1.58 bits per heavy atom. The molecule has 0 saturated heterocycles. The molecule has 0 fully saturated rings. The topological polar surface area (TPSA) is 149 Å². The summed E-state index contributed by atoms with van der Waals surface area (Å²) in [6.45, 7) is -0.211. The average molecular weight is 454 g/mol. The Bertz CT molecular complexity index is 979. The first-order valence-electron chi connectivity index (χ1n) is 10.0. The molecule has 0 radical (unpaired) electrons. The number of amides is 3. The van der Waals surface area contributed by atoms with E-state index in [1.807, 2.05) is 24.3 Å². The third-order valence-electron chi connectivity index (χ3n) is 4.35. The highest BCUT2D eigenvalue weighted by atomic mass is 16.5. The highest BCUT2D eigenvalue weighted by Gasteiger charge is 2.24. The molecule has 3 amide bonds. The van der Waals surface area contributed by atoms with Gasteiger partial charge in [-0.2, -0.15) is 0 Å². The second-order valence-electron chi connectivity index (χ2n) is 6.82. The van der Waals surface area contributed by atoms with Crippen molar-refractivity contribution < 1.29 is 28.7 Å². The molecule has 10 heteroatoms. The molecule has 0 spiro atoms. The fourth-order valence-electron chi connectivity index (χ4n) is 2.66. The molecular formula is C23H26N4O6. The van der Waals surface area contributed by atoms with Gasteiger partial charge < -0.3 is 31.2 Å². The SMILES string of the molecule is COC(=O)CN/C=C(\NC(=O)[C@H](Cc1ccccc1)NC(=O)OCc1ccccc1)C(N)=O. The van der Waals surface area contributed by atoms with Crippen LogP contribution in [0.2, 0.25) is 0 Å². The third-order valence-corrected chi connectivity index (χ3v) is 4.35. The first-order valence-corrected chi connectivity index (χ1v) is 10.0. The fraction of sp³-hybridized carbons (Fsp3) is 0.217. The summed E-state index contributed by atoms with van der Waals surface area (Å²) in [6, 6.07) is 17.0. The Morgan fingerprint density at radius 1 is 0.970 bits per heavy atom. The quantitative estimate of drug-likeness (QED) is 0.289. The molecule has 0 aliphatic carbocycles. The van der Waals surface area contributed by atoms with Crippen LogP contribution in [0.15, 0.2) is 72.6 Å². The van der Waals surface area contributed by atoms with Crippen LogP contribution < -0.4 is 21.7 Å². The number of hydrogen-bond donors (Lipinski definition) is 4. The number of alkyl carbamates (subject to hydrolysis) is 1. The molecule has 0 aliphatic heterocycles. The Morgan fingerprint density at radius 3 is 2.15 bits per heavy atom. The monoisotopic (exact) mass is 454 g/mol. The smallest absolute Gasteiger partial charge is 0.408 e. The minimum atomic E-state index is -1.07. The summed E-state index contributed by atoms with van der Waals surface area (Å²) < 4.78 is 9.68. The van der Waals surface area contributed by atoms with Gasteiger partial charge in [0.1, 0.15) is 24.9 Å². The van der Waals surface area contributed by atoms with Crippen LogP contribution in [0.3, 0.4) is 0 Å². The third kappa shape index (κ3) is 9.13. The highest BCUT2D eigenvalue weighted by molar-refractivity contribution is 5.98. The zero-order chi connectivity index (χ0) is 24.1. The van der Waals surface area contributed by atoms with Crippen LogP contribution in [0, 0.1) is 0 Å². The lowest BCUT2D eigenvalue weighted by atomic mass is 10.1. The van der Waals surface area contributed by atoms with E-state index in [-0.39, 0.29) is 25.3 Å². The number of esters is 1. The summed E-state index contributed by atoms with van der Waals surface area (Å²) in [5.41, 5.74) is 6.58. The number of ether oxygens (including phenoxy) is 2. The predicted molar refractivity (Wildman–Crippen MR) is 119 cm³/mol. The van der Waals surface area contributed by atoms with Crippen LogP contribution in [0.1, 0.15) is 11.1 Å². The zero-order valence-corrected chi connectivity index (χ0v) is 18.1. The molecule has 0 bridgehead atoms. The first-order chi connectivity index (χ1) is 15.9. The van der Waals surface area contributed by atoms with Crippen molar-refractivity contribution in [3.05, 3.63) is 83.7 Å². The standard InChI is InChI=1S/C23H26N4O6/c1-32-20(28)14-25-13-19(21(24)29)26-22(30)18(12-16-8-4-2-5-9-16)27-23(31)33-15-17-10-6-3-7-11-17/h2-11,13,18,25H,12,14-15H2,1H3,(H2,24,29)(H,26,30)(H,27,31)/b19-13-/t18-/m0/s1. The van der Waals surface area contributed by atoms with Gasteiger partial charge in [0.05, 0.1) is 7.11 Å². The van der Waals surface area contributed by atoms with Crippen LogP contribution in [-0.4, -0.2) is 43.6 Å². The molecule has 2 rings (SSSR count). The second-order valence-corrected chi connectivity index (χ2v) is 6.82. The highest BCUT2D eigenvalue weighted by Crippen LogP contribution is 2.06. The molecule has 0 heterocycles. The number of benzene rings is 2. The van der Waals surface area contributed by atoms with Gasteiger partial charge in [-0.05, 0) is 11.1 Å². The van der Waals surface area contributed by atoms with Gasteiger partial charge in [0.15, 0.2) is 0 Å². The Labute approximate surface area is 191 Å². The van der Waals surface area contributed by atoms with Crippen LogP contribution >= 0.6 is 0 Å². The summed E-state index contributed by atoms with van der Waals surface area (Å²) in [4.78, 5) is 48.1. The van der Waals surface area contributed by atoms with Gasteiger partial charge in [-0.1, -0.05) is 60.7 Å². The van der Waals surface area contributed by atoms with Crippen molar-refractivity contribution in [1.29, 1.82) is 0 Å². The normalized spacial score (nSPS) is 11.6. The molecule has 2 aromatic rings. The Hall–Kier alpha value is -4.34. The van der Waals surface area contributed by atoms with E-state index < -0.39 is 29.9 Å². The molecule has 0 saturated carbocycles. The number of hydrogen-bond acceptors (Lipinski definition) is 7. The van der Waals surface area contributed by atoms with Crippen LogP contribution in [0.4, 0.5) is 4.79 Å². The number of primary amides is 1. The van der Waals surface area contributed by atoms with E-state index in [1.165, 1.54) is 7.11 Å². The number of carbonyl (C=O) groups is 4.